The summed E-state index contributed by atoms with van der Waals surface area (Å²) >= 11 is 0. The topological polar surface area (TPSA) is 46.5 Å². The molecule has 82 valence electrons. The number of carbonyl (C=O) groups excluding carboxylic acids is 1. The molecule has 15 heavy (non-hydrogen) atoms. The molecule has 3 nitrogen and oxygen atoms in total. The minimum Gasteiger partial charge on any atom is -0.488 e. The molecule has 0 saturated carbocycles. The molecule has 1 rings (SSSR count). The Morgan fingerprint density at radius 1 is 1.33 bits per heavy atom. The Balaban J connectivity index is 2.83. The van der Waals surface area contributed by atoms with Crippen LogP contribution >= 0.6 is 0 Å². The molecule has 0 saturated heterocycles. The van der Waals surface area contributed by atoms with Crippen LogP contribution in [0.2, 0.25) is 0 Å². The Kier molecular flexibility index (Phi) is 4.17. The van der Waals surface area contributed by atoms with Crippen LogP contribution in [0.15, 0.2) is 12.1 Å². The van der Waals surface area contributed by atoms with Gasteiger partial charge in [-0.3, -0.25) is 4.79 Å². The highest BCUT2D eigenvalue weighted by Crippen LogP contribution is 2.22. The van der Waals surface area contributed by atoms with Gasteiger partial charge in [0.2, 0.25) is 0 Å². The molecule has 0 spiro atoms. The van der Waals surface area contributed by atoms with Gasteiger partial charge in [-0.15, -0.1) is 0 Å². The highest BCUT2D eigenvalue weighted by Gasteiger charge is 2.12. The number of aliphatic hydroxyl groups is 1. The summed E-state index contributed by atoms with van der Waals surface area (Å²) in [5.41, 5.74) is -0.0838. The second-order valence-corrected chi connectivity index (χ2v) is 2.86. The van der Waals surface area contributed by atoms with Crippen molar-refractivity contribution in [2.45, 2.75) is 6.42 Å². The van der Waals surface area contributed by atoms with Gasteiger partial charge in [0.25, 0.3) is 0 Å². The summed E-state index contributed by atoms with van der Waals surface area (Å²) in [6.45, 7) is -0.0968. The minimum atomic E-state index is -0.921. The fourth-order valence-electron chi connectivity index (χ4n) is 1.02. The van der Waals surface area contributed by atoms with E-state index < -0.39 is 17.4 Å². The molecule has 0 aliphatic rings. The van der Waals surface area contributed by atoms with Crippen molar-refractivity contribution < 1.29 is 23.4 Å². The second-order valence-electron chi connectivity index (χ2n) is 2.86. The van der Waals surface area contributed by atoms with E-state index in [0.29, 0.717) is 6.29 Å². The maximum Gasteiger partial charge on any atom is 0.190 e. The molecular formula is C10H10F2O3. The summed E-state index contributed by atoms with van der Waals surface area (Å²) in [6, 6.07) is 1.79. The fourth-order valence-corrected chi connectivity index (χ4v) is 1.02. The number of rotatable bonds is 5. The van der Waals surface area contributed by atoms with Crippen LogP contribution in [-0.4, -0.2) is 24.6 Å². The quantitative estimate of drug-likeness (QED) is 0.599. The smallest absolute Gasteiger partial charge is 0.190 e. The maximum atomic E-state index is 13.1. The molecule has 0 aliphatic heterocycles. The third kappa shape index (κ3) is 2.99. The van der Waals surface area contributed by atoms with E-state index in [1.165, 1.54) is 0 Å². The summed E-state index contributed by atoms with van der Waals surface area (Å²) in [5, 5.41) is 8.45. The zero-order valence-corrected chi connectivity index (χ0v) is 7.87. The molecule has 5 heteroatoms. The molecule has 0 atom stereocenters. The molecule has 0 bridgehead atoms. The van der Waals surface area contributed by atoms with Gasteiger partial charge in [-0.2, -0.15) is 0 Å². The lowest BCUT2D eigenvalue weighted by molar-refractivity contribution is 0.112. The number of hydrogen-bond acceptors (Lipinski definition) is 3. The summed E-state index contributed by atoms with van der Waals surface area (Å²) in [6.07, 6.45) is 0.637. The van der Waals surface area contributed by atoms with E-state index in [2.05, 4.69) is 0 Å². The van der Waals surface area contributed by atoms with Gasteiger partial charge in [0.1, 0.15) is 6.29 Å². The Bertz CT molecular complexity index is 330. The van der Waals surface area contributed by atoms with Crippen molar-refractivity contribution in [3.63, 3.8) is 0 Å². The van der Waals surface area contributed by atoms with Crippen molar-refractivity contribution in [2.75, 3.05) is 13.2 Å². The SMILES string of the molecule is O=Cc1cc(F)c(OCCCO)c(F)c1. The van der Waals surface area contributed by atoms with Crippen molar-refractivity contribution in [1.29, 1.82) is 0 Å². The van der Waals surface area contributed by atoms with E-state index in [1.54, 1.807) is 0 Å². The Labute approximate surface area is 85.3 Å². The average Bonchev–Trinajstić information content (AvgIpc) is 2.22. The molecule has 0 fully saturated rings. The first kappa shape index (κ1) is 11.6. The highest BCUT2D eigenvalue weighted by atomic mass is 19.1. The van der Waals surface area contributed by atoms with Crippen molar-refractivity contribution >= 4 is 6.29 Å². The molecule has 0 unspecified atom stereocenters. The molecule has 0 aliphatic carbocycles. The molecule has 1 aromatic rings. The van der Waals surface area contributed by atoms with Gasteiger partial charge >= 0.3 is 0 Å². The van der Waals surface area contributed by atoms with Gasteiger partial charge in [0.05, 0.1) is 6.61 Å². The lowest BCUT2D eigenvalue weighted by atomic mass is 10.2. The summed E-state index contributed by atoms with van der Waals surface area (Å²) in [4.78, 5) is 10.3. The van der Waals surface area contributed by atoms with Crippen molar-refractivity contribution in [2.24, 2.45) is 0 Å². The number of carbonyl (C=O) groups is 1. The fraction of sp³-hybridized carbons (Fsp3) is 0.300. The first-order valence-electron chi connectivity index (χ1n) is 4.37. The Morgan fingerprint density at radius 2 is 1.93 bits per heavy atom. The average molecular weight is 216 g/mol. The number of aliphatic hydroxyl groups excluding tert-OH is 1. The third-order valence-corrected chi connectivity index (χ3v) is 1.71. The van der Waals surface area contributed by atoms with Crippen LogP contribution < -0.4 is 4.74 Å². The van der Waals surface area contributed by atoms with Gasteiger partial charge in [-0.05, 0) is 12.1 Å². The van der Waals surface area contributed by atoms with Gasteiger partial charge in [0.15, 0.2) is 17.4 Å². The maximum absolute atomic E-state index is 13.1. The molecular weight excluding hydrogens is 206 g/mol. The molecule has 1 aromatic carbocycles. The third-order valence-electron chi connectivity index (χ3n) is 1.71. The van der Waals surface area contributed by atoms with Gasteiger partial charge in [-0.25, -0.2) is 8.78 Å². The van der Waals surface area contributed by atoms with Crippen LogP contribution in [0, 0.1) is 11.6 Å². The number of hydrogen-bond donors (Lipinski definition) is 1. The predicted molar refractivity (Wildman–Crippen MR) is 48.9 cm³/mol. The van der Waals surface area contributed by atoms with Gasteiger partial charge < -0.3 is 9.84 Å². The number of benzene rings is 1. The first-order valence-corrected chi connectivity index (χ1v) is 4.37. The Morgan fingerprint density at radius 3 is 2.40 bits per heavy atom. The lowest BCUT2D eigenvalue weighted by Gasteiger charge is -2.07. The van der Waals surface area contributed by atoms with Crippen LogP contribution in [0.3, 0.4) is 0 Å². The Hall–Kier alpha value is -1.49. The van der Waals surface area contributed by atoms with Crippen LogP contribution in [0.4, 0.5) is 8.78 Å². The summed E-state index contributed by atoms with van der Waals surface area (Å²) in [5.74, 6) is -2.36. The van der Waals surface area contributed by atoms with Crippen LogP contribution in [-0.2, 0) is 0 Å². The lowest BCUT2D eigenvalue weighted by Crippen LogP contribution is -2.04. The van der Waals surface area contributed by atoms with Gasteiger partial charge in [0, 0.05) is 18.6 Å². The molecule has 1 N–H and O–H groups in total. The zero-order valence-electron chi connectivity index (χ0n) is 7.87. The molecule has 0 heterocycles. The van der Waals surface area contributed by atoms with E-state index >= 15 is 0 Å². The predicted octanol–water partition coefficient (Wildman–Crippen LogP) is 1.54. The summed E-state index contributed by atoms with van der Waals surface area (Å²) in [7, 11) is 0. The first-order chi connectivity index (χ1) is 7.19. The van der Waals surface area contributed by atoms with E-state index in [0.717, 1.165) is 12.1 Å². The highest BCUT2D eigenvalue weighted by molar-refractivity contribution is 5.75. The van der Waals surface area contributed by atoms with E-state index in [4.69, 9.17) is 9.84 Å². The van der Waals surface area contributed by atoms with Crippen LogP contribution in [0.25, 0.3) is 0 Å². The standard InChI is InChI=1S/C10H10F2O3/c11-8-4-7(6-14)5-9(12)10(8)15-3-1-2-13/h4-6,13H,1-3H2. The van der Waals surface area contributed by atoms with Crippen molar-refractivity contribution in [3.05, 3.63) is 29.3 Å². The van der Waals surface area contributed by atoms with Crippen LogP contribution in [0.1, 0.15) is 16.8 Å². The molecule has 0 aromatic heterocycles. The van der Waals surface area contributed by atoms with Crippen LogP contribution in [0.5, 0.6) is 5.75 Å². The monoisotopic (exact) mass is 216 g/mol. The van der Waals surface area contributed by atoms with Crippen molar-refractivity contribution in [1.82, 2.24) is 0 Å². The van der Waals surface area contributed by atoms with Crippen molar-refractivity contribution in [3.8, 4) is 5.75 Å². The minimum absolute atomic E-state index is 0.0186. The molecule has 0 radical (unpaired) electrons. The van der Waals surface area contributed by atoms with E-state index in [9.17, 15) is 13.6 Å². The molecule has 0 amide bonds. The number of halogens is 2. The number of ether oxygens (including phenoxy) is 1. The number of aldehydes is 1. The zero-order chi connectivity index (χ0) is 11.3. The largest absolute Gasteiger partial charge is 0.488 e. The normalized spacial score (nSPS) is 10.1. The van der Waals surface area contributed by atoms with E-state index in [-0.39, 0.29) is 25.2 Å². The van der Waals surface area contributed by atoms with E-state index in [1.807, 2.05) is 0 Å². The second kappa shape index (κ2) is 5.41. The summed E-state index contributed by atoms with van der Waals surface area (Å²) < 4.78 is 31.1. The van der Waals surface area contributed by atoms with Gasteiger partial charge in [-0.1, -0.05) is 0 Å².